The van der Waals surface area contributed by atoms with E-state index >= 15 is 0 Å². The Morgan fingerprint density at radius 2 is 1.83 bits per heavy atom. The Morgan fingerprint density at radius 1 is 1.17 bits per heavy atom. The van der Waals surface area contributed by atoms with Crippen molar-refractivity contribution in [2.75, 3.05) is 19.8 Å². The normalized spacial score (nSPS) is 32.2. The Morgan fingerprint density at radius 3 is 2.35 bits per heavy atom. The third-order valence-corrected chi connectivity index (χ3v) is 3.79. The molecule has 1 aliphatic heterocycles. The van der Waals surface area contributed by atoms with Gasteiger partial charge in [-0.25, -0.2) is 0 Å². The van der Waals surface area contributed by atoms with Crippen molar-refractivity contribution in [2.24, 2.45) is 5.92 Å². The van der Waals surface area contributed by atoms with Crippen molar-refractivity contribution in [1.82, 2.24) is 0 Å². The van der Waals surface area contributed by atoms with E-state index in [-0.39, 0.29) is 19.6 Å². The number of allylic oxidation sites excluding steroid dienone is 1. The minimum Gasteiger partial charge on any atom is -0.461 e. The first-order valence-corrected chi connectivity index (χ1v) is 7.54. The quantitative estimate of drug-likeness (QED) is 0.275. The molecular formula is C15H26O8. The third-order valence-electron chi connectivity index (χ3n) is 3.79. The number of carbonyl (C=O) groups is 1. The van der Waals surface area contributed by atoms with Gasteiger partial charge in [0.25, 0.3) is 0 Å². The van der Waals surface area contributed by atoms with Crippen molar-refractivity contribution in [2.45, 2.75) is 50.8 Å². The van der Waals surface area contributed by atoms with Crippen LogP contribution in [-0.2, 0) is 14.3 Å². The van der Waals surface area contributed by atoms with Crippen LogP contribution in [0.5, 0.6) is 0 Å². The molecule has 5 N–H and O–H groups in total. The lowest BCUT2D eigenvalue weighted by Gasteiger charge is -2.42. The van der Waals surface area contributed by atoms with Crippen LogP contribution in [0.4, 0.5) is 0 Å². The molecular weight excluding hydrogens is 308 g/mol. The van der Waals surface area contributed by atoms with Gasteiger partial charge in [-0.1, -0.05) is 5.57 Å². The average molecular weight is 334 g/mol. The number of aliphatic hydroxyl groups is 5. The van der Waals surface area contributed by atoms with Gasteiger partial charge in [-0.05, 0) is 26.3 Å². The van der Waals surface area contributed by atoms with Gasteiger partial charge in [0.05, 0.1) is 12.5 Å². The van der Waals surface area contributed by atoms with Crippen LogP contribution in [0, 0.1) is 5.92 Å². The minimum atomic E-state index is -1.57. The molecule has 1 rings (SSSR count). The number of rotatable bonds is 7. The standard InChI is InChI=1S/C15H26O8/c1-8(2)4-6-22-15(21)9(3-5-16)14-13(20)12(19)11(18)10(7-17)23-14/h4,9-14,16-20H,3,5-7H2,1-2H3/t9?,10-,11-,12+,13-,14?/m1/s1. The zero-order valence-electron chi connectivity index (χ0n) is 13.3. The van der Waals surface area contributed by atoms with E-state index in [1.54, 1.807) is 6.08 Å². The number of carbonyl (C=O) groups excluding carboxylic acids is 1. The lowest BCUT2D eigenvalue weighted by molar-refractivity contribution is -0.243. The van der Waals surface area contributed by atoms with Crippen LogP contribution >= 0.6 is 0 Å². The molecule has 1 fully saturated rings. The van der Waals surface area contributed by atoms with Crippen LogP contribution in [-0.4, -0.2) is 81.8 Å². The van der Waals surface area contributed by atoms with Gasteiger partial charge in [0.15, 0.2) is 0 Å². The molecule has 23 heavy (non-hydrogen) atoms. The van der Waals surface area contributed by atoms with Crippen LogP contribution in [0.25, 0.3) is 0 Å². The summed E-state index contributed by atoms with van der Waals surface area (Å²) < 4.78 is 10.4. The first-order chi connectivity index (χ1) is 10.8. The Balaban J connectivity index is 2.85. The Labute approximate surface area is 135 Å². The van der Waals surface area contributed by atoms with Crippen molar-refractivity contribution < 1.29 is 39.8 Å². The third kappa shape index (κ3) is 5.23. The van der Waals surface area contributed by atoms with Crippen LogP contribution in [0.2, 0.25) is 0 Å². The molecule has 8 nitrogen and oxygen atoms in total. The predicted octanol–water partition coefficient (Wildman–Crippen LogP) is -1.66. The maximum absolute atomic E-state index is 12.2. The van der Waals surface area contributed by atoms with Crippen molar-refractivity contribution >= 4 is 5.97 Å². The van der Waals surface area contributed by atoms with Crippen molar-refractivity contribution in [3.8, 4) is 0 Å². The topological polar surface area (TPSA) is 137 Å². The van der Waals surface area contributed by atoms with Gasteiger partial charge < -0.3 is 35.0 Å². The Hall–Kier alpha value is -1.03. The van der Waals surface area contributed by atoms with Gasteiger partial charge in [-0.15, -0.1) is 0 Å². The summed E-state index contributed by atoms with van der Waals surface area (Å²) in [4.78, 5) is 12.2. The summed E-state index contributed by atoms with van der Waals surface area (Å²) in [6.45, 7) is 2.80. The lowest BCUT2D eigenvalue weighted by Crippen LogP contribution is -2.61. The summed E-state index contributed by atoms with van der Waals surface area (Å²) in [5.74, 6) is -1.72. The summed E-state index contributed by atoms with van der Waals surface area (Å²) in [6.07, 6.45) is -5.26. The summed E-state index contributed by atoms with van der Waals surface area (Å²) >= 11 is 0. The van der Waals surface area contributed by atoms with Crippen LogP contribution in [0.1, 0.15) is 20.3 Å². The molecule has 0 bridgehead atoms. The molecule has 0 aromatic rings. The fourth-order valence-electron chi connectivity index (χ4n) is 2.42. The summed E-state index contributed by atoms with van der Waals surface area (Å²) in [7, 11) is 0. The van der Waals surface area contributed by atoms with E-state index in [0.29, 0.717) is 0 Å². The molecule has 134 valence electrons. The Bertz CT molecular complexity index is 404. The second-order valence-electron chi connectivity index (χ2n) is 5.82. The smallest absolute Gasteiger partial charge is 0.312 e. The molecule has 1 saturated heterocycles. The first kappa shape index (κ1) is 20.0. The fraction of sp³-hybridized carbons (Fsp3) is 0.800. The SMILES string of the molecule is CC(C)=CCOC(=O)C(CCO)C1O[C@H](CO)[C@@H](O)[C@H](O)[C@H]1O. The fourth-order valence-corrected chi connectivity index (χ4v) is 2.42. The van der Waals surface area contributed by atoms with Gasteiger partial charge >= 0.3 is 5.97 Å². The molecule has 0 aliphatic carbocycles. The lowest BCUT2D eigenvalue weighted by atomic mass is 9.86. The molecule has 1 heterocycles. The monoisotopic (exact) mass is 334 g/mol. The second-order valence-corrected chi connectivity index (χ2v) is 5.82. The molecule has 1 aliphatic rings. The van der Waals surface area contributed by atoms with Gasteiger partial charge in [0.1, 0.15) is 37.1 Å². The maximum Gasteiger partial charge on any atom is 0.312 e. The molecule has 0 saturated carbocycles. The van der Waals surface area contributed by atoms with E-state index in [2.05, 4.69) is 0 Å². The van der Waals surface area contributed by atoms with E-state index in [1.807, 2.05) is 13.8 Å². The van der Waals surface area contributed by atoms with E-state index in [1.165, 1.54) is 0 Å². The first-order valence-electron chi connectivity index (χ1n) is 7.54. The van der Waals surface area contributed by atoms with E-state index < -0.39 is 49.0 Å². The average Bonchev–Trinajstić information content (AvgIpc) is 2.51. The van der Waals surface area contributed by atoms with Crippen LogP contribution in [0.15, 0.2) is 11.6 Å². The van der Waals surface area contributed by atoms with Gasteiger partial charge in [0, 0.05) is 6.61 Å². The molecule has 0 aromatic carbocycles. The van der Waals surface area contributed by atoms with Gasteiger partial charge in [-0.3, -0.25) is 4.79 Å². The highest BCUT2D eigenvalue weighted by Gasteiger charge is 2.48. The van der Waals surface area contributed by atoms with Crippen molar-refractivity contribution in [3.05, 3.63) is 11.6 Å². The highest BCUT2D eigenvalue weighted by atomic mass is 16.6. The van der Waals surface area contributed by atoms with Crippen LogP contribution in [0.3, 0.4) is 0 Å². The number of ether oxygens (including phenoxy) is 2. The van der Waals surface area contributed by atoms with Crippen molar-refractivity contribution in [1.29, 1.82) is 0 Å². The summed E-state index contributed by atoms with van der Waals surface area (Å²) in [6, 6.07) is 0. The number of aliphatic hydroxyl groups excluding tert-OH is 5. The molecule has 0 aromatic heterocycles. The predicted molar refractivity (Wildman–Crippen MR) is 79.4 cm³/mol. The molecule has 0 spiro atoms. The summed E-state index contributed by atoms with van der Waals surface area (Å²) in [5, 5.41) is 47.9. The minimum absolute atomic E-state index is 0.0422. The molecule has 6 atom stereocenters. The second kappa shape index (κ2) is 9.31. The van der Waals surface area contributed by atoms with Gasteiger partial charge in [-0.2, -0.15) is 0 Å². The molecule has 8 heteroatoms. The van der Waals surface area contributed by atoms with Crippen molar-refractivity contribution in [3.63, 3.8) is 0 Å². The molecule has 0 amide bonds. The highest BCUT2D eigenvalue weighted by Crippen LogP contribution is 2.28. The Kier molecular flexibility index (Phi) is 8.10. The van der Waals surface area contributed by atoms with Crippen LogP contribution < -0.4 is 0 Å². The largest absolute Gasteiger partial charge is 0.461 e. The maximum atomic E-state index is 12.2. The zero-order chi connectivity index (χ0) is 17.6. The molecule has 2 unspecified atom stereocenters. The number of hydrogen-bond acceptors (Lipinski definition) is 8. The van der Waals surface area contributed by atoms with E-state index in [4.69, 9.17) is 14.6 Å². The highest BCUT2D eigenvalue weighted by molar-refractivity contribution is 5.73. The van der Waals surface area contributed by atoms with E-state index in [9.17, 15) is 25.2 Å². The summed E-state index contributed by atoms with van der Waals surface area (Å²) in [5.41, 5.74) is 0.962. The van der Waals surface area contributed by atoms with E-state index in [0.717, 1.165) is 5.57 Å². The zero-order valence-corrected chi connectivity index (χ0v) is 13.3. The number of hydrogen-bond donors (Lipinski definition) is 5. The number of esters is 1. The van der Waals surface area contributed by atoms with Gasteiger partial charge in [0.2, 0.25) is 0 Å². The molecule has 0 radical (unpaired) electrons.